The minimum atomic E-state index is 0.562. The van der Waals surface area contributed by atoms with Crippen LogP contribution in [0.5, 0.6) is 0 Å². The first-order chi connectivity index (χ1) is 6.52. The molecule has 1 unspecified atom stereocenters. The molecule has 2 aliphatic carbocycles. The maximum absolute atomic E-state index is 3.76. The number of nitrogens with one attached hydrogen (secondary N) is 1. The first-order valence-electron chi connectivity index (χ1n) is 6.25. The summed E-state index contributed by atoms with van der Waals surface area (Å²) in [5, 5.41) is 3.76. The molecule has 3 atom stereocenters. The van der Waals surface area contributed by atoms with E-state index in [1.54, 1.807) is 0 Å². The van der Waals surface area contributed by atoms with Gasteiger partial charge in [0.05, 0.1) is 0 Å². The van der Waals surface area contributed by atoms with E-state index < -0.39 is 0 Å². The van der Waals surface area contributed by atoms with Crippen molar-refractivity contribution in [2.45, 2.75) is 59.4 Å². The summed E-state index contributed by atoms with van der Waals surface area (Å²) in [7, 11) is 0. The molecule has 0 aliphatic heterocycles. The van der Waals surface area contributed by atoms with E-state index >= 15 is 0 Å². The summed E-state index contributed by atoms with van der Waals surface area (Å²) < 4.78 is 0. The van der Waals surface area contributed by atoms with Gasteiger partial charge in [0.2, 0.25) is 0 Å². The number of hydrogen-bond donors (Lipinski definition) is 1. The van der Waals surface area contributed by atoms with E-state index in [0.717, 1.165) is 12.0 Å². The van der Waals surface area contributed by atoms with Gasteiger partial charge in [0.15, 0.2) is 0 Å². The van der Waals surface area contributed by atoms with Gasteiger partial charge in [0.1, 0.15) is 0 Å². The summed E-state index contributed by atoms with van der Waals surface area (Å²) in [6.45, 7) is 10.9. The first kappa shape index (κ1) is 10.5. The summed E-state index contributed by atoms with van der Waals surface area (Å²) >= 11 is 0. The summed E-state index contributed by atoms with van der Waals surface area (Å²) in [6, 6.07) is 0.788. The van der Waals surface area contributed by atoms with Crippen molar-refractivity contribution in [1.29, 1.82) is 0 Å². The zero-order valence-electron chi connectivity index (χ0n) is 10.2. The summed E-state index contributed by atoms with van der Waals surface area (Å²) in [4.78, 5) is 0. The van der Waals surface area contributed by atoms with Crippen LogP contribution < -0.4 is 5.32 Å². The quantitative estimate of drug-likeness (QED) is 0.729. The lowest BCUT2D eigenvalue weighted by Crippen LogP contribution is -2.44. The van der Waals surface area contributed by atoms with Crippen LogP contribution >= 0.6 is 0 Å². The van der Waals surface area contributed by atoms with Gasteiger partial charge in [-0.25, -0.2) is 0 Å². The minimum Gasteiger partial charge on any atom is -0.313 e. The lowest BCUT2D eigenvalue weighted by atomic mass is 9.69. The number of hydrogen-bond acceptors (Lipinski definition) is 1. The maximum atomic E-state index is 3.76. The first-order valence-corrected chi connectivity index (χ1v) is 6.25. The Morgan fingerprint density at radius 1 is 1.29 bits per heavy atom. The second-order valence-corrected chi connectivity index (χ2v) is 6.12. The predicted molar refractivity (Wildman–Crippen MR) is 61.3 cm³/mol. The fourth-order valence-electron chi connectivity index (χ4n) is 3.83. The summed E-state index contributed by atoms with van der Waals surface area (Å²) in [5.41, 5.74) is 1.13. The molecule has 0 amide bonds. The molecule has 0 spiro atoms. The van der Waals surface area contributed by atoms with Crippen molar-refractivity contribution < 1.29 is 0 Å². The lowest BCUT2D eigenvalue weighted by Gasteiger charge is -2.39. The van der Waals surface area contributed by atoms with Gasteiger partial charge in [-0.05, 0) is 49.0 Å². The van der Waals surface area contributed by atoms with Crippen LogP contribution in [0.15, 0.2) is 0 Å². The Morgan fingerprint density at radius 3 is 2.43 bits per heavy atom. The van der Waals surface area contributed by atoms with Gasteiger partial charge in [-0.1, -0.05) is 27.7 Å². The molecule has 0 aromatic heterocycles. The molecule has 14 heavy (non-hydrogen) atoms. The molecule has 0 aromatic carbocycles. The molecule has 2 fully saturated rings. The molecule has 2 bridgehead atoms. The molecular formula is C13H25N. The number of fused-ring (bicyclic) bond motifs is 2. The summed E-state index contributed by atoms with van der Waals surface area (Å²) in [6.07, 6.45) is 5.58. The van der Waals surface area contributed by atoms with Crippen LogP contribution in [-0.4, -0.2) is 12.6 Å². The molecule has 0 radical (unpaired) electrons. The van der Waals surface area contributed by atoms with Crippen molar-refractivity contribution in [3.63, 3.8) is 0 Å². The van der Waals surface area contributed by atoms with Crippen LogP contribution in [0, 0.1) is 16.7 Å². The van der Waals surface area contributed by atoms with Crippen molar-refractivity contribution in [2.75, 3.05) is 6.54 Å². The van der Waals surface area contributed by atoms with E-state index in [0.29, 0.717) is 10.8 Å². The zero-order chi connectivity index (χ0) is 10.4. The highest BCUT2D eigenvalue weighted by Gasteiger charge is 2.60. The van der Waals surface area contributed by atoms with Crippen molar-refractivity contribution in [1.82, 2.24) is 5.32 Å². The SMILES string of the molecule is CCCNC1C[C@@H]2CC[C@@]1(C)C2(C)C. The third-order valence-corrected chi connectivity index (χ3v) is 5.43. The normalized spacial score (nSPS) is 44.6. The Balaban J connectivity index is 2.11. The van der Waals surface area contributed by atoms with Crippen LogP contribution in [0.2, 0.25) is 0 Å². The molecule has 0 heterocycles. The van der Waals surface area contributed by atoms with Crippen LogP contribution in [-0.2, 0) is 0 Å². The zero-order valence-corrected chi connectivity index (χ0v) is 10.2. The van der Waals surface area contributed by atoms with Gasteiger partial charge in [0.25, 0.3) is 0 Å². The predicted octanol–water partition coefficient (Wildman–Crippen LogP) is 3.20. The minimum absolute atomic E-state index is 0.562. The number of rotatable bonds is 3. The highest BCUT2D eigenvalue weighted by Crippen LogP contribution is 2.65. The Hall–Kier alpha value is -0.0400. The van der Waals surface area contributed by atoms with Crippen molar-refractivity contribution in [2.24, 2.45) is 16.7 Å². The van der Waals surface area contributed by atoms with Gasteiger partial charge >= 0.3 is 0 Å². The Labute approximate surface area is 88.7 Å². The fourth-order valence-corrected chi connectivity index (χ4v) is 3.83. The van der Waals surface area contributed by atoms with E-state index in [2.05, 4.69) is 33.0 Å². The standard InChI is InChI=1S/C13H25N/c1-5-8-14-11-9-10-6-7-13(11,4)12(10,2)3/h10-11,14H,5-9H2,1-4H3/t10-,11?,13+/m0/s1. The summed E-state index contributed by atoms with van der Waals surface area (Å²) in [5.74, 6) is 0.974. The molecule has 1 heteroatoms. The van der Waals surface area contributed by atoms with E-state index in [1.807, 2.05) is 0 Å². The third-order valence-electron chi connectivity index (χ3n) is 5.43. The Bertz CT molecular complexity index is 221. The molecule has 2 saturated carbocycles. The van der Waals surface area contributed by atoms with Gasteiger partial charge in [-0.2, -0.15) is 0 Å². The van der Waals surface area contributed by atoms with Crippen LogP contribution in [0.3, 0.4) is 0 Å². The molecule has 0 saturated heterocycles. The van der Waals surface area contributed by atoms with Gasteiger partial charge in [0, 0.05) is 6.04 Å². The molecular weight excluding hydrogens is 170 g/mol. The smallest absolute Gasteiger partial charge is 0.0129 e. The van der Waals surface area contributed by atoms with Gasteiger partial charge in [-0.15, -0.1) is 0 Å². The molecule has 2 aliphatic rings. The molecule has 82 valence electrons. The van der Waals surface area contributed by atoms with Crippen molar-refractivity contribution >= 4 is 0 Å². The lowest BCUT2D eigenvalue weighted by molar-refractivity contribution is 0.121. The van der Waals surface area contributed by atoms with Gasteiger partial charge in [-0.3, -0.25) is 0 Å². The Morgan fingerprint density at radius 2 is 2.00 bits per heavy atom. The van der Waals surface area contributed by atoms with Crippen LogP contribution in [0.1, 0.15) is 53.4 Å². The van der Waals surface area contributed by atoms with Crippen molar-refractivity contribution in [3.05, 3.63) is 0 Å². The van der Waals surface area contributed by atoms with E-state index in [9.17, 15) is 0 Å². The topological polar surface area (TPSA) is 12.0 Å². The molecule has 0 aromatic rings. The average Bonchev–Trinajstić information content (AvgIpc) is 2.46. The van der Waals surface area contributed by atoms with Gasteiger partial charge < -0.3 is 5.32 Å². The van der Waals surface area contributed by atoms with Crippen LogP contribution in [0.25, 0.3) is 0 Å². The average molecular weight is 195 g/mol. The van der Waals surface area contributed by atoms with Crippen molar-refractivity contribution in [3.8, 4) is 0 Å². The molecule has 1 nitrogen and oxygen atoms in total. The largest absolute Gasteiger partial charge is 0.313 e. The maximum Gasteiger partial charge on any atom is 0.0129 e. The highest BCUT2D eigenvalue weighted by atomic mass is 15.0. The molecule has 1 N–H and O–H groups in total. The molecule has 2 rings (SSSR count). The second kappa shape index (κ2) is 3.23. The van der Waals surface area contributed by atoms with E-state index in [-0.39, 0.29) is 0 Å². The Kier molecular flexibility index (Phi) is 2.42. The fraction of sp³-hybridized carbons (Fsp3) is 1.00. The third kappa shape index (κ3) is 1.18. The van der Waals surface area contributed by atoms with Crippen LogP contribution in [0.4, 0.5) is 0 Å². The second-order valence-electron chi connectivity index (χ2n) is 6.12. The highest BCUT2D eigenvalue weighted by molar-refractivity contribution is 5.12. The monoisotopic (exact) mass is 195 g/mol. The van der Waals surface area contributed by atoms with E-state index in [4.69, 9.17) is 0 Å². The van der Waals surface area contributed by atoms with E-state index in [1.165, 1.54) is 32.2 Å².